The molecule has 0 aliphatic carbocycles. The van der Waals surface area contributed by atoms with Gasteiger partial charge in [-0.05, 0) is 17.7 Å². The standard InChI is InChI=1S/C13H20N4O2/c1-2-17(9-12(14)18)8-11-6-4-3-5-10(11)7-13(19)16-15/h3-6H,2,7-9,15H2,1H3,(H2,14,18)(H,16,19). The van der Waals surface area contributed by atoms with Crippen molar-refractivity contribution in [2.45, 2.75) is 19.9 Å². The smallest absolute Gasteiger partial charge is 0.238 e. The molecule has 104 valence electrons. The van der Waals surface area contributed by atoms with Crippen LogP contribution in [0.1, 0.15) is 18.1 Å². The van der Waals surface area contributed by atoms with Crippen LogP contribution in [-0.2, 0) is 22.6 Å². The zero-order chi connectivity index (χ0) is 14.3. The minimum atomic E-state index is -0.362. The molecule has 0 atom stereocenters. The number of carbonyl (C=O) groups excluding carboxylic acids is 2. The second kappa shape index (κ2) is 7.50. The lowest BCUT2D eigenvalue weighted by Gasteiger charge is -2.20. The molecule has 0 aliphatic heterocycles. The van der Waals surface area contributed by atoms with Crippen molar-refractivity contribution >= 4 is 11.8 Å². The molecular weight excluding hydrogens is 244 g/mol. The number of nitrogens with zero attached hydrogens (tertiary/aromatic N) is 1. The molecule has 0 saturated carbocycles. The lowest BCUT2D eigenvalue weighted by atomic mass is 10.0. The summed E-state index contributed by atoms with van der Waals surface area (Å²) in [6, 6.07) is 7.58. The van der Waals surface area contributed by atoms with Crippen LogP contribution in [-0.4, -0.2) is 29.8 Å². The van der Waals surface area contributed by atoms with E-state index in [4.69, 9.17) is 11.6 Å². The minimum absolute atomic E-state index is 0.202. The fraction of sp³-hybridized carbons (Fsp3) is 0.385. The average molecular weight is 264 g/mol. The fourth-order valence-corrected chi connectivity index (χ4v) is 1.85. The Morgan fingerprint density at radius 1 is 1.26 bits per heavy atom. The Labute approximate surface area is 112 Å². The summed E-state index contributed by atoms with van der Waals surface area (Å²) < 4.78 is 0. The maximum atomic E-state index is 11.3. The highest BCUT2D eigenvalue weighted by atomic mass is 16.2. The number of nitrogens with two attached hydrogens (primary N) is 2. The zero-order valence-corrected chi connectivity index (χ0v) is 11.1. The summed E-state index contributed by atoms with van der Waals surface area (Å²) in [5, 5.41) is 0. The number of carbonyl (C=O) groups is 2. The number of hydrogen-bond donors (Lipinski definition) is 3. The van der Waals surface area contributed by atoms with Gasteiger partial charge in [-0.1, -0.05) is 31.2 Å². The Kier molecular flexibility index (Phi) is 5.98. The molecule has 0 fully saturated rings. The van der Waals surface area contributed by atoms with Gasteiger partial charge in [-0.25, -0.2) is 5.84 Å². The first-order valence-electron chi connectivity index (χ1n) is 6.13. The SMILES string of the molecule is CCN(CC(N)=O)Cc1ccccc1CC(=O)NN. The van der Waals surface area contributed by atoms with E-state index in [1.165, 1.54) is 0 Å². The number of rotatable bonds is 7. The van der Waals surface area contributed by atoms with E-state index >= 15 is 0 Å². The molecule has 0 unspecified atom stereocenters. The van der Waals surface area contributed by atoms with E-state index in [1.807, 2.05) is 36.1 Å². The van der Waals surface area contributed by atoms with Gasteiger partial charge in [0.25, 0.3) is 0 Å². The number of benzene rings is 1. The Bertz CT molecular complexity index is 448. The van der Waals surface area contributed by atoms with E-state index in [-0.39, 0.29) is 24.8 Å². The number of amides is 2. The van der Waals surface area contributed by atoms with Crippen LogP contribution in [0.25, 0.3) is 0 Å². The van der Waals surface area contributed by atoms with Crippen molar-refractivity contribution in [2.24, 2.45) is 11.6 Å². The van der Waals surface area contributed by atoms with Gasteiger partial charge in [-0.15, -0.1) is 0 Å². The maximum absolute atomic E-state index is 11.3. The first kappa shape index (κ1) is 15.1. The molecule has 6 heteroatoms. The molecule has 1 aromatic rings. The summed E-state index contributed by atoms with van der Waals surface area (Å²) in [6.07, 6.45) is 0.223. The average Bonchev–Trinajstić information content (AvgIpc) is 2.39. The van der Waals surface area contributed by atoms with Crippen molar-refractivity contribution in [3.05, 3.63) is 35.4 Å². The number of primary amides is 1. The van der Waals surface area contributed by atoms with E-state index in [1.54, 1.807) is 0 Å². The number of likely N-dealkylation sites (N-methyl/N-ethyl adjacent to an activating group) is 1. The summed E-state index contributed by atoms with van der Waals surface area (Å²) >= 11 is 0. The van der Waals surface area contributed by atoms with E-state index in [9.17, 15) is 9.59 Å². The van der Waals surface area contributed by atoms with Gasteiger partial charge in [0.1, 0.15) is 0 Å². The number of nitrogens with one attached hydrogen (secondary N) is 1. The highest BCUT2D eigenvalue weighted by Gasteiger charge is 2.11. The van der Waals surface area contributed by atoms with Crippen LogP contribution < -0.4 is 17.0 Å². The summed E-state index contributed by atoms with van der Waals surface area (Å²) in [6.45, 7) is 3.44. The van der Waals surface area contributed by atoms with Crippen LogP contribution in [0.5, 0.6) is 0 Å². The number of hydrogen-bond acceptors (Lipinski definition) is 4. The largest absolute Gasteiger partial charge is 0.369 e. The van der Waals surface area contributed by atoms with Gasteiger partial charge in [0, 0.05) is 6.54 Å². The summed E-state index contributed by atoms with van der Waals surface area (Å²) in [7, 11) is 0. The number of hydrazine groups is 1. The van der Waals surface area contributed by atoms with Crippen LogP contribution in [0.15, 0.2) is 24.3 Å². The van der Waals surface area contributed by atoms with Crippen LogP contribution in [0, 0.1) is 0 Å². The molecule has 5 N–H and O–H groups in total. The topological polar surface area (TPSA) is 101 Å². The maximum Gasteiger partial charge on any atom is 0.238 e. The molecule has 0 aliphatic rings. The third kappa shape index (κ3) is 5.07. The lowest BCUT2D eigenvalue weighted by Crippen LogP contribution is -2.34. The molecule has 0 heterocycles. The van der Waals surface area contributed by atoms with Crippen LogP contribution >= 0.6 is 0 Å². The Morgan fingerprint density at radius 3 is 2.42 bits per heavy atom. The Balaban J connectivity index is 2.81. The van der Waals surface area contributed by atoms with Gasteiger partial charge < -0.3 is 5.73 Å². The van der Waals surface area contributed by atoms with Crippen LogP contribution in [0.3, 0.4) is 0 Å². The molecule has 19 heavy (non-hydrogen) atoms. The molecule has 1 aromatic carbocycles. The van der Waals surface area contributed by atoms with E-state index < -0.39 is 0 Å². The second-order valence-electron chi connectivity index (χ2n) is 4.28. The molecule has 0 aromatic heterocycles. The normalized spacial score (nSPS) is 10.5. The van der Waals surface area contributed by atoms with Gasteiger partial charge in [0.2, 0.25) is 11.8 Å². The molecule has 2 amide bonds. The van der Waals surface area contributed by atoms with Crippen LogP contribution in [0.2, 0.25) is 0 Å². The monoisotopic (exact) mass is 264 g/mol. The third-order valence-electron chi connectivity index (χ3n) is 2.85. The first-order valence-corrected chi connectivity index (χ1v) is 6.13. The van der Waals surface area contributed by atoms with Crippen molar-refractivity contribution in [2.75, 3.05) is 13.1 Å². The second-order valence-corrected chi connectivity index (χ2v) is 4.28. The Hall–Kier alpha value is -1.92. The van der Waals surface area contributed by atoms with Crippen molar-refractivity contribution in [3.8, 4) is 0 Å². The van der Waals surface area contributed by atoms with E-state index in [2.05, 4.69) is 5.43 Å². The summed E-state index contributed by atoms with van der Waals surface area (Å²) in [5.41, 5.74) is 9.21. The third-order valence-corrected chi connectivity index (χ3v) is 2.85. The summed E-state index contributed by atoms with van der Waals surface area (Å²) in [5.74, 6) is 4.49. The molecule has 1 rings (SSSR count). The molecule has 0 spiro atoms. The predicted molar refractivity (Wildman–Crippen MR) is 72.6 cm³/mol. The minimum Gasteiger partial charge on any atom is -0.369 e. The van der Waals surface area contributed by atoms with E-state index in [0.717, 1.165) is 11.1 Å². The first-order chi connectivity index (χ1) is 9.06. The van der Waals surface area contributed by atoms with Crippen molar-refractivity contribution in [1.82, 2.24) is 10.3 Å². The van der Waals surface area contributed by atoms with Crippen molar-refractivity contribution in [3.63, 3.8) is 0 Å². The molecule has 0 bridgehead atoms. The van der Waals surface area contributed by atoms with Gasteiger partial charge in [-0.2, -0.15) is 0 Å². The van der Waals surface area contributed by atoms with Gasteiger partial charge in [-0.3, -0.25) is 19.9 Å². The highest BCUT2D eigenvalue weighted by Crippen LogP contribution is 2.12. The van der Waals surface area contributed by atoms with Gasteiger partial charge in [0.05, 0.1) is 13.0 Å². The van der Waals surface area contributed by atoms with Gasteiger partial charge >= 0.3 is 0 Å². The Morgan fingerprint density at radius 2 is 1.89 bits per heavy atom. The van der Waals surface area contributed by atoms with E-state index in [0.29, 0.717) is 13.1 Å². The van der Waals surface area contributed by atoms with Crippen LogP contribution in [0.4, 0.5) is 0 Å². The zero-order valence-electron chi connectivity index (χ0n) is 11.1. The lowest BCUT2D eigenvalue weighted by molar-refractivity contribution is -0.121. The van der Waals surface area contributed by atoms with Gasteiger partial charge in [0.15, 0.2) is 0 Å². The quantitative estimate of drug-likeness (QED) is 0.352. The predicted octanol–water partition coefficient (Wildman–Crippen LogP) is -0.474. The molecule has 6 nitrogen and oxygen atoms in total. The van der Waals surface area contributed by atoms with Crippen molar-refractivity contribution < 1.29 is 9.59 Å². The molecular formula is C13H20N4O2. The highest BCUT2D eigenvalue weighted by molar-refractivity contribution is 5.78. The molecule has 0 saturated heterocycles. The molecule has 0 radical (unpaired) electrons. The summed E-state index contributed by atoms with van der Waals surface area (Å²) in [4.78, 5) is 24.2. The fourth-order valence-electron chi connectivity index (χ4n) is 1.85. The van der Waals surface area contributed by atoms with Crippen molar-refractivity contribution in [1.29, 1.82) is 0 Å².